The molecule has 3 amide bonds. The first kappa shape index (κ1) is 35.5. The van der Waals surface area contributed by atoms with Gasteiger partial charge in [0.1, 0.15) is 24.1 Å². The van der Waals surface area contributed by atoms with Gasteiger partial charge in [-0.05, 0) is 91.3 Å². The number of benzene rings is 3. The van der Waals surface area contributed by atoms with Gasteiger partial charge in [0.2, 0.25) is 5.91 Å². The minimum atomic E-state index is -1.12. The molecule has 0 unspecified atom stereocenters. The standard InChI is InChI=1S/C39H48BN3O7/c1-25(2)20-34(40-49-33-22-28-21-32(38(28,3)4)39(33,5)50-40)43-36(45)31(23-41-37(46)47-24-26-12-8-6-9-13-26)42-35(44)27-16-18-30(19-17-27)48-29-14-10-7-11-15-29/h6-19,25,28,31-34H,20-24H2,1-5H3,(H,41,46)(H,42,44)(H,43,45)/t28-,31-,32-,33+,34-,39-/m0/s1. The first-order chi connectivity index (χ1) is 23.9. The van der Waals surface area contributed by atoms with Crippen molar-refractivity contribution in [2.24, 2.45) is 23.2 Å². The second-order valence-electron chi connectivity index (χ2n) is 15.0. The number of carbonyl (C=O) groups excluding carboxylic acids is 3. The molecular formula is C39H48BN3O7. The van der Waals surface area contributed by atoms with E-state index in [9.17, 15) is 14.4 Å². The van der Waals surface area contributed by atoms with Gasteiger partial charge in [0, 0.05) is 5.56 Å². The average Bonchev–Trinajstić information content (AvgIpc) is 3.47. The Labute approximate surface area is 295 Å². The Hall–Kier alpha value is -4.35. The van der Waals surface area contributed by atoms with Gasteiger partial charge in [0.15, 0.2) is 0 Å². The topological polar surface area (TPSA) is 124 Å². The monoisotopic (exact) mass is 681 g/mol. The molecular weight excluding hydrogens is 633 g/mol. The van der Waals surface area contributed by atoms with Crippen molar-refractivity contribution in [3.63, 3.8) is 0 Å². The summed E-state index contributed by atoms with van der Waals surface area (Å²) in [4.78, 5) is 40.2. The SMILES string of the molecule is CC(C)C[C@H](NC(=O)[C@H](CNC(=O)OCc1ccccc1)NC(=O)c1ccc(Oc2ccccc2)cc1)B1O[C@@H]2C[C@@H]3C[C@@H](C3(C)C)[C@]2(C)O1. The number of carbonyl (C=O) groups is 3. The van der Waals surface area contributed by atoms with Gasteiger partial charge in [-0.2, -0.15) is 0 Å². The summed E-state index contributed by atoms with van der Waals surface area (Å²) in [5.74, 6) is 1.02. The first-order valence-corrected chi connectivity index (χ1v) is 17.6. The molecule has 1 saturated heterocycles. The fourth-order valence-electron chi connectivity index (χ4n) is 7.81. The first-order valence-electron chi connectivity index (χ1n) is 17.6. The lowest BCUT2D eigenvalue weighted by Crippen LogP contribution is -2.65. The van der Waals surface area contributed by atoms with Crippen LogP contribution in [0.15, 0.2) is 84.9 Å². The minimum absolute atomic E-state index is 0.0405. The number of nitrogens with one attached hydrogen (secondary N) is 3. The van der Waals surface area contributed by atoms with Crippen molar-refractivity contribution in [2.75, 3.05) is 6.54 Å². The van der Waals surface area contributed by atoms with E-state index in [4.69, 9.17) is 18.8 Å². The van der Waals surface area contributed by atoms with Crippen molar-refractivity contribution in [1.82, 2.24) is 16.0 Å². The summed E-state index contributed by atoms with van der Waals surface area (Å²) in [6.07, 6.45) is 1.91. The van der Waals surface area contributed by atoms with Gasteiger partial charge >= 0.3 is 13.2 Å². The lowest BCUT2D eigenvalue weighted by molar-refractivity contribution is -0.199. The highest BCUT2D eigenvalue weighted by molar-refractivity contribution is 6.48. The Morgan fingerprint density at radius 2 is 1.54 bits per heavy atom. The summed E-state index contributed by atoms with van der Waals surface area (Å²) in [7, 11) is -0.635. The summed E-state index contributed by atoms with van der Waals surface area (Å²) >= 11 is 0. The second kappa shape index (κ2) is 14.9. The molecule has 2 bridgehead atoms. The molecule has 0 radical (unpaired) electrons. The van der Waals surface area contributed by atoms with Gasteiger partial charge in [-0.3, -0.25) is 9.59 Å². The number of rotatable bonds is 13. The lowest BCUT2D eigenvalue weighted by atomic mass is 9.43. The summed E-state index contributed by atoms with van der Waals surface area (Å²) in [6.45, 7) is 10.8. The van der Waals surface area contributed by atoms with Crippen molar-refractivity contribution in [2.45, 2.75) is 84.2 Å². The highest BCUT2D eigenvalue weighted by Gasteiger charge is 2.68. The number of hydrogen-bond donors (Lipinski definition) is 3. The molecule has 3 N–H and O–H groups in total. The normalized spacial score (nSPS) is 24.3. The van der Waals surface area contributed by atoms with E-state index in [1.165, 1.54) is 0 Å². The Kier molecular flexibility index (Phi) is 10.6. The maximum Gasteiger partial charge on any atom is 0.481 e. The third kappa shape index (κ3) is 7.84. The molecule has 11 heteroatoms. The van der Waals surface area contributed by atoms with Crippen LogP contribution in [0.5, 0.6) is 11.5 Å². The zero-order valence-corrected chi connectivity index (χ0v) is 29.5. The van der Waals surface area contributed by atoms with Crippen LogP contribution in [0.3, 0.4) is 0 Å². The molecule has 6 atom stereocenters. The van der Waals surface area contributed by atoms with Gasteiger partial charge in [-0.15, -0.1) is 0 Å². The fraction of sp³-hybridized carbons (Fsp3) is 0.462. The summed E-state index contributed by atoms with van der Waals surface area (Å²) in [5.41, 5.74) is 0.905. The van der Waals surface area contributed by atoms with E-state index < -0.39 is 42.6 Å². The number of para-hydroxylation sites is 1. The van der Waals surface area contributed by atoms with Crippen LogP contribution in [0.1, 0.15) is 69.8 Å². The van der Waals surface area contributed by atoms with Crippen molar-refractivity contribution in [3.05, 3.63) is 96.1 Å². The zero-order chi connectivity index (χ0) is 35.5. The van der Waals surface area contributed by atoms with Crippen LogP contribution >= 0.6 is 0 Å². The van der Waals surface area contributed by atoms with Crippen LogP contribution in [-0.2, 0) is 25.4 Å². The molecule has 4 fully saturated rings. The van der Waals surface area contributed by atoms with E-state index in [0.717, 1.165) is 18.4 Å². The van der Waals surface area contributed by atoms with Gasteiger partial charge in [0.25, 0.3) is 5.91 Å². The van der Waals surface area contributed by atoms with Crippen LogP contribution in [0.2, 0.25) is 0 Å². The molecule has 1 aliphatic heterocycles. The van der Waals surface area contributed by atoms with Gasteiger partial charge in [-0.25, -0.2) is 4.79 Å². The molecule has 3 aromatic carbocycles. The molecule has 50 heavy (non-hydrogen) atoms. The average molecular weight is 682 g/mol. The van der Waals surface area contributed by atoms with Crippen LogP contribution in [0.25, 0.3) is 0 Å². The van der Waals surface area contributed by atoms with E-state index in [2.05, 4.69) is 50.6 Å². The minimum Gasteiger partial charge on any atom is -0.457 e. The lowest BCUT2D eigenvalue weighted by Gasteiger charge is -2.64. The molecule has 10 nitrogen and oxygen atoms in total. The number of alkyl carbamates (subject to hydrolysis) is 1. The quantitative estimate of drug-likeness (QED) is 0.181. The van der Waals surface area contributed by atoms with Crippen molar-refractivity contribution >= 4 is 25.0 Å². The number of ether oxygens (including phenoxy) is 2. The van der Waals surface area contributed by atoms with E-state index in [1.54, 1.807) is 24.3 Å². The molecule has 3 saturated carbocycles. The molecule has 0 aromatic heterocycles. The molecule has 7 rings (SSSR count). The summed E-state index contributed by atoms with van der Waals surface area (Å²) in [6, 6.07) is 24.1. The Morgan fingerprint density at radius 3 is 2.20 bits per heavy atom. The van der Waals surface area contributed by atoms with E-state index in [-0.39, 0.29) is 30.6 Å². The van der Waals surface area contributed by atoms with Crippen LogP contribution in [0, 0.1) is 23.2 Å². The third-order valence-electron chi connectivity index (χ3n) is 10.7. The van der Waals surface area contributed by atoms with Gasteiger partial charge in [0.05, 0.1) is 24.2 Å². The highest BCUT2D eigenvalue weighted by Crippen LogP contribution is 2.65. The smallest absolute Gasteiger partial charge is 0.457 e. The number of amides is 3. The van der Waals surface area contributed by atoms with Crippen molar-refractivity contribution in [1.29, 1.82) is 0 Å². The van der Waals surface area contributed by atoms with Crippen LogP contribution in [-0.4, -0.2) is 55.3 Å². The molecule has 264 valence electrons. The van der Waals surface area contributed by atoms with Gasteiger partial charge < -0.3 is 34.7 Å². The predicted molar refractivity (Wildman–Crippen MR) is 190 cm³/mol. The molecule has 3 aliphatic carbocycles. The zero-order valence-electron chi connectivity index (χ0n) is 29.5. The molecule has 4 aliphatic rings. The van der Waals surface area contributed by atoms with Crippen molar-refractivity contribution in [3.8, 4) is 11.5 Å². The van der Waals surface area contributed by atoms with Gasteiger partial charge in [-0.1, -0.05) is 76.2 Å². The maximum absolute atomic E-state index is 14.0. The highest BCUT2D eigenvalue weighted by atomic mass is 16.7. The molecule has 0 spiro atoms. The second-order valence-corrected chi connectivity index (χ2v) is 15.0. The van der Waals surface area contributed by atoms with Crippen LogP contribution < -0.4 is 20.7 Å². The summed E-state index contributed by atoms with van der Waals surface area (Å²) in [5, 5.41) is 8.60. The van der Waals surface area contributed by atoms with E-state index >= 15 is 0 Å². The van der Waals surface area contributed by atoms with Crippen LogP contribution in [0.4, 0.5) is 4.79 Å². The summed E-state index contributed by atoms with van der Waals surface area (Å²) < 4.78 is 24.5. The molecule has 1 heterocycles. The van der Waals surface area contributed by atoms with E-state index in [1.807, 2.05) is 60.7 Å². The number of hydrogen-bond acceptors (Lipinski definition) is 7. The van der Waals surface area contributed by atoms with E-state index in [0.29, 0.717) is 35.3 Å². The Balaban J connectivity index is 1.14. The fourth-order valence-corrected chi connectivity index (χ4v) is 7.81. The largest absolute Gasteiger partial charge is 0.481 e. The third-order valence-corrected chi connectivity index (χ3v) is 10.7. The predicted octanol–water partition coefficient (Wildman–Crippen LogP) is 6.30. The van der Waals surface area contributed by atoms with Crippen molar-refractivity contribution < 1.29 is 33.2 Å². The molecule has 3 aromatic rings. The Morgan fingerprint density at radius 1 is 0.880 bits per heavy atom. The Bertz CT molecular complexity index is 1640. The maximum atomic E-state index is 14.0.